The fourth-order valence-electron chi connectivity index (χ4n) is 1.94. The second kappa shape index (κ2) is 4.88. The maximum absolute atomic E-state index is 13.8. The van der Waals surface area contributed by atoms with Crippen LogP contribution in [-0.2, 0) is 7.05 Å². The van der Waals surface area contributed by atoms with Crippen LogP contribution >= 0.6 is 0 Å². The van der Waals surface area contributed by atoms with E-state index >= 15 is 0 Å². The highest BCUT2D eigenvalue weighted by Crippen LogP contribution is 2.22. The van der Waals surface area contributed by atoms with E-state index in [9.17, 15) is 9.18 Å². The number of rotatable bonds is 2. The van der Waals surface area contributed by atoms with Gasteiger partial charge in [0.2, 0.25) is 0 Å². The van der Waals surface area contributed by atoms with Gasteiger partial charge in [-0.1, -0.05) is 6.07 Å². The van der Waals surface area contributed by atoms with Gasteiger partial charge >= 0.3 is 0 Å². The summed E-state index contributed by atoms with van der Waals surface area (Å²) in [4.78, 5) is 12.0. The molecule has 1 aromatic heterocycles. The molecule has 0 amide bonds. The molecule has 1 heterocycles. The van der Waals surface area contributed by atoms with Gasteiger partial charge in [-0.15, -0.1) is 0 Å². The fraction of sp³-hybridized carbons (Fsp3) is 0.267. The molecule has 0 bridgehead atoms. The van der Waals surface area contributed by atoms with Crippen molar-refractivity contribution in [1.29, 1.82) is 0 Å². The molecule has 2 aromatic rings. The summed E-state index contributed by atoms with van der Waals surface area (Å²) in [5.74, 6) is -0.322. The topological polar surface area (TPSA) is 34.0 Å². The molecule has 1 N–H and O–H groups in total. The molecule has 0 spiro atoms. The van der Waals surface area contributed by atoms with Crippen LogP contribution in [0.1, 0.15) is 16.8 Å². The van der Waals surface area contributed by atoms with Crippen molar-refractivity contribution in [3.63, 3.8) is 0 Å². The largest absolute Gasteiger partial charge is 0.353 e. The second-order valence-electron chi connectivity index (χ2n) is 4.80. The number of aryl methyl sites for hydroxylation is 2. The lowest BCUT2D eigenvalue weighted by Crippen LogP contribution is -2.22. The van der Waals surface area contributed by atoms with Gasteiger partial charge in [0.05, 0.1) is 5.69 Å². The summed E-state index contributed by atoms with van der Waals surface area (Å²) >= 11 is 0. The van der Waals surface area contributed by atoms with Gasteiger partial charge in [0, 0.05) is 24.0 Å². The lowest BCUT2D eigenvalue weighted by Gasteiger charge is -2.13. The highest BCUT2D eigenvalue weighted by Gasteiger charge is 2.09. The van der Waals surface area contributed by atoms with E-state index in [0.717, 1.165) is 11.3 Å². The first kappa shape index (κ1) is 13.3. The van der Waals surface area contributed by atoms with Crippen LogP contribution in [0.25, 0.3) is 0 Å². The first-order valence-corrected chi connectivity index (χ1v) is 6.10. The maximum atomic E-state index is 13.8. The summed E-state index contributed by atoms with van der Waals surface area (Å²) in [5, 5.41) is 2.99. The van der Waals surface area contributed by atoms with Crippen LogP contribution < -0.4 is 10.9 Å². The Morgan fingerprint density at radius 1 is 1.11 bits per heavy atom. The first-order valence-electron chi connectivity index (χ1n) is 6.10. The summed E-state index contributed by atoms with van der Waals surface area (Å²) in [6, 6.07) is 6.81. The van der Waals surface area contributed by atoms with Crippen LogP contribution in [0.15, 0.2) is 29.1 Å². The average Bonchev–Trinajstić information content (AvgIpc) is 2.36. The van der Waals surface area contributed by atoms with Crippen LogP contribution in [0.4, 0.5) is 15.8 Å². The van der Waals surface area contributed by atoms with Gasteiger partial charge in [0.25, 0.3) is 5.56 Å². The van der Waals surface area contributed by atoms with Crippen molar-refractivity contribution < 1.29 is 4.39 Å². The molecule has 4 heteroatoms. The summed E-state index contributed by atoms with van der Waals surface area (Å²) in [5.41, 5.74) is 3.21. The molecule has 0 fully saturated rings. The van der Waals surface area contributed by atoms with Crippen LogP contribution in [0.2, 0.25) is 0 Å². The molecule has 0 saturated heterocycles. The SMILES string of the molecule is Cc1ccc(Nc2cc(C)n(C)c(=O)c2C)c(F)c1. The third-order valence-corrected chi connectivity index (χ3v) is 3.31. The number of hydrogen-bond acceptors (Lipinski definition) is 2. The molecular weight excluding hydrogens is 243 g/mol. The predicted molar refractivity (Wildman–Crippen MR) is 75.6 cm³/mol. The van der Waals surface area contributed by atoms with E-state index in [0.29, 0.717) is 16.9 Å². The number of benzene rings is 1. The number of pyridine rings is 1. The number of halogens is 1. The molecule has 2 rings (SSSR count). The molecule has 0 radical (unpaired) electrons. The van der Waals surface area contributed by atoms with Crippen molar-refractivity contribution in [2.45, 2.75) is 20.8 Å². The fourth-order valence-corrected chi connectivity index (χ4v) is 1.94. The van der Waals surface area contributed by atoms with Gasteiger partial charge in [-0.25, -0.2) is 4.39 Å². The molecule has 0 unspecified atom stereocenters. The summed E-state index contributed by atoms with van der Waals surface area (Å²) < 4.78 is 15.4. The van der Waals surface area contributed by atoms with E-state index in [1.54, 1.807) is 24.6 Å². The zero-order valence-corrected chi connectivity index (χ0v) is 11.5. The third kappa shape index (κ3) is 2.52. The highest BCUT2D eigenvalue weighted by molar-refractivity contribution is 5.63. The van der Waals surface area contributed by atoms with Gasteiger partial charge in [0.1, 0.15) is 5.82 Å². The quantitative estimate of drug-likeness (QED) is 0.899. The van der Waals surface area contributed by atoms with E-state index in [2.05, 4.69) is 5.32 Å². The van der Waals surface area contributed by atoms with Crippen LogP contribution in [0.3, 0.4) is 0 Å². The average molecular weight is 260 g/mol. The molecule has 0 aliphatic carbocycles. The van der Waals surface area contributed by atoms with Crippen LogP contribution in [-0.4, -0.2) is 4.57 Å². The zero-order chi connectivity index (χ0) is 14.2. The summed E-state index contributed by atoms with van der Waals surface area (Å²) in [6.45, 7) is 5.41. The molecular formula is C15H17FN2O. The first-order chi connectivity index (χ1) is 8.90. The van der Waals surface area contributed by atoms with Gasteiger partial charge in [0.15, 0.2) is 0 Å². The Hall–Kier alpha value is -2.10. The van der Waals surface area contributed by atoms with Crippen molar-refractivity contribution in [3.05, 3.63) is 57.3 Å². The Morgan fingerprint density at radius 3 is 2.42 bits per heavy atom. The molecule has 1 aromatic carbocycles. The Labute approximate surface area is 111 Å². The smallest absolute Gasteiger partial charge is 0.255 e. The van der Waals surface area contributed by atoms with E-state index in [1.165, 1.54) is 6.07 Å². The van der Waals surface area contributed by atoms with Crippen LogP contribution in [0.5, 0.6) is 0 Å². The summed E-state index contributed by atoms with van der Waals surface area (Å²) in [6.07, 6.45) is 0. The zero-order valence-electron chi connectivity index (χ0n) is 11.5. The molecule has 0 aliphatic heterocycles. The summed E-state index contributed by atoms with van der Waals surface area (Å²) in [7, 11) is 1.72. The molecule has 100 valence electrons. The highest BCUT2D eigenvalue weighted by atomic mass is 19.1. The van der Waals surface area contributed by atoms with Gasteiger partial charge in [-0.2, -0.15) is 0 Å². The molecule has 0 atom stereocenters. The van der Waals surface area contributed by atoms with Crippen molar-refractivity contribution in [1.82, 2.24) is 4.57 Å². The Morgan fingerprint density at radius 2 is 1.79 bits per heavy atom. The van der Waals surface area contributed by atoms with Crippen molar-refractivity contribution in [2.75, 3.05) is 5.32 Å². The van der Waals surface area contributed by atoms with Gasteiger partial charge in [-0.05, 0) is 44.5 Å². The van der Waals surface area contributed by atoms with E-state index in [1.807, 2.05) is 26.0 Å². The van der Waals surface area contributed by atoms with Crippen molar-refractivity contribution >= 4 is 11.4 Å². The van der Waals surface area contributed by atoms with Gasteiger partial charge in [-0.3, -0.25) is 4.79 Å². The monoisotopic (exact) mass is 260 g/mol. The Kier molecular flexibility index (Phi) is 3.42. The normalized spacial score (nSPS) is 10.6. The van der Waals surface area contributed by atoms with Crippen LogP contribution in [0, 0.1) is 26.6 Å². The number of hydrogen-bond donors (Lipinski definition) is 1. The minimum atomic E-state index is -0.322. The van der Waals surface area contributed by atoms with E-state index in [4.69, 9.17) is 0 Å². The van der Waals surface area contributed by atoms with Gasteiger partial charge < -0.3 is 9.88 Å². The predicted octanol–water partition coefficient (Wildman–Crippen LogP) is 3.19. The minimum absolute atomic E-state index is 0.0741. The molecule has 0 aliphatic rings. The number of nitrogens with one attached hydrogen (secondary N) is 1. The molecule has 3 nitrogen and oxygen atoms in total. The Balaban J connectivity index is 2.47. The lowest BCUT2D eigenvalue weighted by molar-refractivity contribution is 0.630. The number of anilines is 2. The minimum Gasteiger partial charge on any atom is -0.353 e. The molecule has 19 heavy (non-hydrogen) atoms. The molecule has 0 saturated carbocycles. The number of aromatic nitrogens is 1. The Bertz CT molecular complexity index is 689. The maximum Gasteiger partial charge on any atom is 0.255 e. The second-order valence-corrected chi connectivity index (χ2v) is 4.80. The number of nitrogens with zero attached hydrogens (tertiary/aromatic N) is 1. The van der Waals surface area contributed by atoms with Crippen molar-refractivity contribution in [3.8, 4) is 0 Å². The third-order valence-electron chi connectivity index (χ3n) is 3.31. The van der Waals surface area contributed by atoms with E-state index < -0.39 is 0 Å². The standard InChI is InChI=1S/C15H17FN2O/c1-9-5-6-13(12(16)7-9)17-14-8-10(2)18(4)15(19)11(14)3/h5-8,17H,1-4H3. The van der Waals surface area contributed by atoms with E-state index in [-0.39, 0.29) is 11.4 Å². The lowest BCUT2D eigenvalue weighted by atomic mass is 10.2. The van der Waals surface area contributed by atoms with Crippen molar-refractivity contribution in [2.24, 2.45) is 7.05 Å².